The summed E-state index contributed by atoms with van der Waals surface area (Å²) in [6, 6.07) is 0. The van der Waals surface area contributed by atoms with Crippen molar-refractivity contribution in [2.45, 2.75) is 0 Å². The van der Waals surface area contributed by atoms with Crippen LogP contribution in [0.3, 0.4) is 0 Å². The first kappa shape index (κ1) is 6.84. The van der Waals surface area contributed by atoms with Crippen LogP contribution >= 0.6 is 0 Å². The van der Waals surface area contributed by atoms with Gasteiger partial charge in [-0.05, 0) is 0 Å². The van der Waals surface area contributed by atoms with Gasteiger partial charge >= 0.3 is 53.3 Å². The fraction of sp³-hybridized carbons (Fsp3) is 1.00. The Labute approximate surface area is 53.5 Å². The molecule has 0 fully saturated rings. The summed E-state index contributed by atoms with van der Waals surface area (Å²) in [5, 5.41) is 0. The van der Waals surface area contributed by atoms with Gasteiger partial charge in [-0.1, -0.05) is 0 Å². The van der Waals surface area contributed by atoms with E-state index < -0.39 is 0 Å². The molecule has 0 bridgehead atoms. The maximum atomic E-state index is 4.82. The number of methoxy groups -OCH3 is 1. The van der Waals surface area contributed by atoms with E-state index in [0.717, 1.165) is 29.9 Å². The van der Waals surface area contributed by atoms with Crippen LogP contribution in [0, 0.1) is 0 Å². The van der Waals surface area contributed by atoms with E-state index in [0.29, 0.717) is 6.79 Å². The van der Waals surface area contributed by atoms with Crippen LogP contribution in [0.5, 0.6) is 0 Å². The van der Waals surface area contributed by atoms with Crippen LogP contribution in [-0.4, -0.2) is 43.8 Å². The summed E-state index contributed by atoms with van der Waals surface area (Å²) >= 11 is 1.10. The van der Waals surface area contributed by atoms with Gasteiger partial charge in [0.2, 0.25) is 0 Å². The fourth-order valence-electron chi connectivity index (χ4n) is 0.125. The Kier molecular flexibility index (Phi) is 6.66. The molecule has 0 saturated heterocycles. The first-order chi connectivity index (χ1) is 2.91. The van der Waals surface area contributed by atoms with Crippen molar-refractivity contribution in [1.82, 2.24) is 0 Å². The van der Waals surface area contributed by atoms with Gasteiger partial charge in [0.1, 0.15) is 0 Å². The molecule has 0 aromatic heterocycles. The molecule has 0 N–H and O–H groups in total. The molecule has 0 aliphatic rings. The van der Waals surface area contributed by atoms with Gasteiger partial charge in [0.15, 0.2) is 0 Å². The molecule has 0 unspecified atom stereocenters. The van der Waals surface area contributed by atoms with E-state index in [2.05, 4.69) is 4.74 Å². The monoisotopic (exact) mass is 283 g/mol. The molecule has 0 rings (SSSR count). The summed E-state index contributed by atoms with van der Waals surface area (Å²) in [6.45, 7) is 0.448. The van der Waals surface area contributed by atoms with Crippen molar-refractivity contribution in [2.24, 2.45) is 0 Å². The van der Waals surface area contributed by atoms with Crippen LogP contribution in [0.4, 0.5) is 0 Å². The van der Waals surface area contributed by atoms with Crippen molar-refractivity contribution in [2.75, 3.05) is 18.1 Å². The quantitative estimate of drug-likeness (QED) is 0.403. The van der Waals surface area contributed by atoms with E-state index in [1.54, 1.807) is 7.11 Å². The van der Waals surface area contributed by atoms with Gasteiger partial charge in [0.05, 0.1) is 0 Å². The molecule has 0 atom stereocenters. The molecule has 3 radical (unpaired) electrons. The zero-order valence-corrected chi connectivity index (χ0v) is 7.62. The first-order valence-electron chi connectivity index (χ1n) is 1.63. The van der Waals surface area contributed by atoms with Crippen LogP contribution in [0.15, 0.2) is 0 Å². The summed E-state index contributed by atoms with van der Waals surface area (Å²) in [6.07, 6.45) is 0. The van der Waals surface area contributed by atoms with Crippen molar-refractivity contribution in [3.05, 3.63) is 0 Å². The number of hydrogen-bond acceptors (Lipinski definition) is 2. The molecule has 35 valence electrons. The Morgan fingerprint density at radius 1 is 1.67 bits per heavy atom. The summed E-state index contributed by atoms with van der Waals surface area (Å²) in [5.74, 6) is 0. The molecular formula is C3H7O2Pb. The zero-order valence-electron chi connectivity index (χ0n) is 3.73. The molecule has 0 heterocycles. The minimum absolute atomic E-state index is 0.448. The topological polar surface area (TPSA) is 18.5 Å². The van der Waals surface area contributed by atoms with Gasteiger partial charge < -0.3 is 0 Å². The average Bonchev–Trinajstić information content (AvgIpc) is 1.61. The average molecular weight is 282 g/mol. The third-order valence-corrected chi connectivity index (χ3v) is 1.10. The molecule has 0 saturated carbocycles. The van der Waals surface area contributed by atoms with E-state index in [1.165, 1.54) is 0 Å². The number of hydrogen-bond donors (Lipinski definition) is 0. The van der Waals surface area contributed by atoms with Gasteiger partial charge in [0, 0.05) is 0 Å². The molecule has 0 aromatic rings. The van der Waals surface area contributed by atoms with Crippen molar-refractivity contribution in [3.63, 3.8) is 0 Å². The second kappa shape index (κ2) is 5.84. The second-order valence-electron chi connectivity index (χ2n) is 0.755. The van der Waals surface area contributed by atoms with Crippen molar-refractivity contribution < 1.29 is 9.47 Å². The van der Waals surface area contributed by atoms with Crippen LogP contribution in [0.2, 0.25) is 0 Å². The summed E-state index contributed by atoms with van der Waals surface area (Å²) < 4.78 is 10.3. The van der Waals surface area contributed by atoms with Gasteiger partial charge in [-0.25, -0.2) is 0 Å². The van der Waals surface area contributed by atoms with E-state index in [9.17, 15) is 0 Å². The minimum atomic E-state index is 0.448. The van der Waals surface area contributed by atoms with Crippen molar-refractivity contribution >= 4 is 25.8 Å². The molecule has 0 aromatic carbocycles. The van der Waals surface area contributed by atoms with E-state index in [1.807, 2.05) is 0 Å². The Morgan fingerprint density at radius 2 is 2.33 bits per heavy atom. The molecular weight excluding hydrogens is 275 g/mol. The molecule has 6 heavy (non-hydrogen) atoms. The third-order valence-electron chi connectivity index (χ3n) is 0.303. The van der Waals surface area contributed by atoms with Gasteiger partial charge in [-0.2, -0.15) is 0 Å². The summed E-state index contributed by atoms with van der Waals surface area (Å²) in [5.41, 5.74) is 0. The Hall–Kier alpha value is 0.842. The second-order valence-corrected chi connectivity index (χ2v) is 1.88. The maximum absolute atomic E-state index is 4.82. The Balaban J connectivity index is 2.34. The zero-order chi connectivity index (χ0) is 4.83. The number of rotatable bonds is 3. The normalized spacial score (nSPS) is 9.00. The predicted molar refractivity (Wildman–Crippen MR) is 23.6 cm³/mol. The predicted octanol–water partition coefficient (Wildman–Crippen LogP) is -0.267. The van der Waals surface area contributed by atoms with Crippen LogP contribution in [-0.2, 0) is 9.47 Å². The standard InChI is InChI=1S/C3H7O2.Pb/c1-4-3-5-2;/h1,3H2,2H3;. The van der Waals surface area contributed by atoms with Crippen LogP contribution in [0.1, 0.15) is 0 Å². The Morgan fingerprint density at radius 3 is 2.50 bits per heavy atom. The van der Waals surface area contributed by atoms with Gasteiger partial charge in [-0.3, -0.25) is 0 Å². The molecule has 0 amide bonds. The summed E-state index contributed by atoms with van der Waals surface area (Å²) in [7, 11) is 1.62. The molecule has 0 spiro atoms. The van der Waals surface area contributed by atoms with Crippen molar-refractivity contribution in [1.29, 1.82) is 0 Å². The molecule has 0 aliphatic carbocycles. The van der Waals surface area contributed by atoms with Gasteiger partial charge in [-0.15, -0.1) is 0 Å². The first-order valence-corrected chi connectivity index (χ1v) is 4.38. The SMILES string of the molecule is COCO[CH2][Pb]. The molecule has 0 aliphatic heterocycles. The van der Waals surface area contributed by atoms with Crippen LogP contribution < -0.4 is 0 Å². The molecule has 2 nitrogen and oxygen atoms in total. The fourth-order valence-corrected chi connectivity index (χ4v) is 0.449. The Bertz CT molecular complexity index is 20.8. The third kappa shape index (κ3) is 4.84. The number of ether oxygens (including phenoxy) is 2. The van der Waals surface area contributed by atoms with E-state index in [-0.39, 0.29) is 0 Å². The molecule has 3 heteroatoms. The summed E-state index contributed by atoms with van der Waals surface area (Å²) in [4.78, 5) is 0. The van der Waals surface area contributed by atoms with Crippen molar-refractivity contribution in [3.8, 4) is 0 Å². The van der Waals surface area contributed by atoms with Crippen LogP contribution in [0.25, 0.3) is 0 Å². The van der Waals surface area contributed by atoms with E-state index in [4.69, 9.17) is 4.74 Å². The van der Waals surface area contributed by atoms with Gasteiger partial charge in [0.25, 0.3) is 0 Å². The van der Waals surface area contributed by atoms with E-state index >= 15 is 0 Å².